The highest BCUT2D eigenvalue weighted by Crippen LogP contribution is 2.57. The average molecular weight is 179 g/mol. The number of carbonyl (C=O) groups excluding carboxylic acids is 1. The van der Waals surface area contributed by atoms with Gasteiger partial charge in [-0.2, -0.15) is 0 Å². The molecular formula is C11H17NO. The van der Waals surface area contributed by atoms with E-state index in [0.29, 0.717) is 6.04 Å². The summed E-state index contributed by atoms with van der Waals surface area (Å²) in [6, 6.07) is 0.543. The molecule has 2 nitrogen and oxygen atoms in total. The molecule has 0 spiro atoms. The van der Waals surface area contributed by atoms with Gasteiger partial charge in [0.1, 0.15) is 0 Å². The molecule has 1 N–H and O–H groups in total. The highest BCUT2D eigenvalue weighted by atomic mass is 16.1. The van der Waals surface area contributed by atoms with Gasteiger partial charge < -0.3 is 5.32 Å². The minimum absolute atomic E-state index is 0.168. The van der Waals surface area contributed by atoms with Crippen molar-refractivity contribution in [2.75, 3.05) is 0 Å². The lowest BCUT2D eigenvalue weighted by molar-refractivity contribution is -0.120. The highest BCUT2D eigenvalue weighted by molar-refractivity contribution is 5.73. The first kappa shape index (κ1) is 7.84. The molecule has 5 unspecified atom stereocenters. The monoisotopic (exact) mass is 179 g/mol. The maximum absolute atomic E-state index is 11.0. The van der Waals surface area contributed by atoms with E-state index >= 15 is 0 Å². The van der Waals surface area contributed by atoms with Crippen molar-refractivity contribution in [2.45, 2.75) is 38.6 Å². The molecule has 4 bridgehead atoms. The molecule has 0 aromatic carbocycles. The fourth-order valence-corrected chi connectivity index (χ4v) is 4.20. The molecule has 0 radical (unpaired) electrons. The second kappa shape index (κ2) is 2.49. The van der Waals surface area contributed by atoms with E-state index in [1.807, 2.05) is 0 Å². The standard InChI is InChI=1S/C11H17NO/c1-6(13)12-11-9-3-7-2-8(5-9)10(11)4-7/h7-11H,2-5H2,1H3,(H,12,13). The minimum atomic E-state index is 0.168. The van der Waals surface area contributed by atoms with Crippen molar-refractivity contribution in [1.29, 1.82) is 0 Å². The van der Waals surface area contributed by atoms with E-state index in [1.54, 1.807) is 6.92 Å². The van der Waals surface area contributed by atoms with E-state index in [4.69, 9.17) is 0 Å². The molecule has 0 aliphatic heterocycles. The number of carbonyl (C=O) groups is 1. The fourth-order valence-electron chi connectivity index (χ4n) is 4.20. The number of amides is 1. The maximum Gasteiger partial charge on any atom is 0.217 e. The molecule has 0 aromatic heterocycles. The molecule has 4 saturated carbocycles. The Balaban J connectivity index is 1.80. The van der Waals surface area contributed by atoms with Crippen LogP contribution in [0.4, 0.5) is 0 Å². The summed E-state index contributed by atoms with van der Waals surface area (Å²) in [6.07, 6.45) is 5.63. The lowest BCUT2D eigenvalue weighted by atomic mass is 9.79. The zero-order valence-corrected chi connectivity index (χ0v) is 8.12. The Morgan fingerprint density at radius 3 is 2.62 bits per heavy atom. The Morgan fingerprint density at radius 1 is 1.15 bits per heavy atom. The molecular weight excluding hydrogens is 162 g/mol. The minimum Gasteiger partial charge on any atom is -0.353 e. The van der Waals surface area contributed by atoms with Crippen molar-refractivity contribution < 1.29 is 4.79 Å². The van der Waals surface area contributed by atoms with Crippen LogP contribution < -0.4 is 5.32 Å². The smallest absolute Gasteiger partial charge is 0.217 e. The zero-order valence-electron chi connectivity index (χ0n) is 8.12. The third kappa shape index (κ3) is 1.04. The van der Waals surface area contributed by atoms with Gasteiger partial charge in [0.2, 0.25) is 5.91 Å². The molecule has 72 valence electrons. The van der Waals surface area contributed by atoms with Crippen LogP contribution >= 0.6 is 0 Å². The molecule has 0 saturated heterocycles. The predicted molar refractivity (Wildman–Crippen MR) is 50.0 cm³/mol. The predicted octanol–water partition coefficient (Wildman–Crippen LogP) is 1.56. The van der Waals surface area contributed by atoms with Gasteiger partial charge in [0.15, 0.2) is 0 Å². The number of rotatable bonds is 1. The lowest BCUT2D eigenvalue weighted by Crippen LogP contribution is -2.43. The molecule has 1 amide bonds. The second-order valence-corrected chi connectivity index (χ2v) is 5.22. The van der Waals surface area contributed by atoms with Crippen molar-refractivity contribution in [2.24, 2.45) is 23.7 Å². The summed E-state index contributed by atoms with van der Waals surface area (Å²) >= 11 is 0. The van der Waals surface area contributed by atoms with Crippen LogP contribution in [0.1, 0.15) is 32.6 Å². The van der Waals surface area contributed by atoms with E-state index in [1.165, 1.54) is 25.7 Å². The Kier molecular flexibility index (Phi) is 1.50. The molecule has 13 heavy (non-hydrogen) atoms. The summed E-state index contributed by atoms with van der Waals surface area (Å²) in [5.74, 6) is 3.81. The molecule has 4 aliphatic rings. The van der Waals surface area contributed by atoms with Gasteiger partial charge >= 0.3 is 0 Å². The van der Waals surface area contributed by atoms with Gasteiger partial charge in [0.05, 0.1) is 0 Å². The second-order valence-electron chi connectivity index (χ2n) is 5.22. The molecule has 4 fully saturated rings. The van der Waals surface area contributed by atoms with Crippen LogP contribution in [0.2, 0.25) is 0 Å². The summed E-state index contributed by atoms with van der Waals surface area (Å²) < 4.78 is 0. The highest BCUT2D eigenvalue weighted by Gasteiger charge is 2.53. The van der Waals surface area contributed by atoms with Crippen molar-refractivity contribution in [3.05, 3.63) is 0 Å². The van der Waals surface area contributed by atoms with Gasteiger partial charge in [-0.25, -0.2) is 0 Å². The maximum atomic E-state index is 11.0. The zero-order chi connectivity index (χ0) is 9.00. The third-order valence-corrected chi connectivity index (χ3v) is 4.43. The van der Waals surface area contributed by atoms with Gasteiger partial charge in [0.25, 0.3) is 0 Å². The third-order valence-electron chi connectivity index (χ3n) is 4.43. The van der Waals surface area contributed by atoms with Crippen molar-refractivity contribution in [1.82, 2.24) is 5.32 Å². The van der Waals surface area contributed by atoms with Crippen LogP contribution in [0.25, 0.3) is 0 Å². The summed E-state index contributed by atoms with van der Waals surface area (Å²) in [5.41, 5.74) is 0. The Morgan fingerprint density at radius 2 is 1.92 bits per heavy atom. The van der Waals surface area contributed by atoms with Crippen LogP contribution in [0.5, 0.6) is 0 Å². The van der Waals surface area contributed by atoms with Crippen LogP contribution in [0.15, 0.2) is 0 Å². The first-order chi connectivity index (χ1) is 6.24. The van der Waals surface area contributed by atoms with E-state index in [-0.39, 0.29) is 5.91 Å². The van der Waals surface area contributed by atoms with Crippen molar-refractivity contribution in [3.63, 3.8) is 0 Å². The molecule has 4 rings (SSSR count). The molecule has 0 heterocycles. The summed E-state index contributed by atoms with van der Waals surface area (Å²) in [7, 11) is 0. The number of hydrogen-bond acceptors (Lipinski definition) is 1. The first-order valence-electron chi connectivity index (χ1n) is 5.51. The van der Waals surface area contributed by atoms with Crippen LogP contribution in [0.3, 0.4) is 0 Å². The topological polar surface area (TPSA) is 29.1 Å². The van der Waals surface area contributed by atoms with Crippen molar-refractivity contribution in [3.8, 4) is 0 Å². The van der Waals surface area contributed by atoms with E-state index < -0.39 is 0 Å². The molecule has 4 aliphatic carbocycles. The van der Waals surface area contributed by atoms with Gasteiger partial charge in [-0.15, -0.1) is 0 Å². The normalized spacial score (nSPS) is 51.3. The number of nitrogens with one attached hydrogen (secondary N) is 1. The van der Waals surface area contributed by atoms with E-state index in [2.05, 4.69) is 5.32 Å². The molecule has 0 aromatic rings. The number of hydrogen-bond donors (Lipinski definition) is 1. The first-order valence-corrected chi connectivity index (χ1v) is 5.51. The van der Waals surface area contributed by atoms with Crippen LogP contribution in [-0.2, 0) is 4.79 Å². The van der Waals surface area contributed by atoms with Crippen molar-refractivity contribution >= 4 is 5.91 Å². The van der Waals surface area contributed by atoms with E-state index in [0.717, 1.165) is 23.7 Å². The average Bonchev–Trinajstić information content (AvgIpc) is 2.45. The Bertz CT molecular complexity index is 246. The molecule has 5 atom stereocenters. The molecule has 2 heteroatoms. The van der Waals surface area contributed by atoms with Crippen LogP contribution in [-0.4, -0.2) is 11.9 Å². The van der Waals surface area contributed by atoms with Crippen LogP contribution in [0, 0.1) is 23.7 Å². The largest absolute Gasteiger partial charge is 0.353 e. The van der Waals surface area contributed by atoms with Gasteiger partial charge in [-0.1, -0.05) is 0 Å². The summed E-state index contributed by atoms with van der Waals surface area (Å²) in [6.45, 7) is 1.65. The van der Waals surface area contributed by atoms with Gasteiger partial charge in [-0.3, -0.25) is 4.79 Å². The SMILES string of the molecule is CC(=O)NC1C2CC3CC(C2)C1C3. The lowest BCUT2D eigenvalue weighted by Gasteiger charge is -2.32. The summed E-state index contributed by atoms with van der Waals surface area (Å²) in [5, 5.41) is 3.16. The van der Waals surface area contributed by atoms with Gasteiger partial charge in [-0.05, 0) is 49.4 Å². The summed E-state index contributed by atoms with van der Waals surface area (Å²) in [4.78, 5) is 11.0. The Labute approximate surface area is 79.1 Å². The Hall–Kier alpha value is -0.530. The van der Waals surface area contributed by atoms with Gasteiger partial charge in [0, 0.05) is 13.0 Å². The van der Waals surface area contributed by atoms with E-state index in [9.17, 15) is 4.79 Å². The quantitative estimate of drug-likeness (QED) is 0.650. The fraction of sp³-hybridized carbons (Fsp3) is 0.909.